The first-order valence-electron chi connectivity index (χ1n) is 8.74. The number of nitrogens with zero attached hydrogens (tertiary/aromatic N) is 3. The third-order valence-corrected chi connectivity index (χ3v) is 4.12. The number of rotatable bonds is 8. The number of carbonyl (C=O) groups excluding carboxylic acids is 1. The highest BCUT2D eigenvalue weighted by Crippen LogP contribution is 2.18. The molecule has 8 heteroatoms. The van der Waals surface area contributed by atoms with E-state index in [4.69, 9.17) is 5.73 Å². The van der Waals surface area contributed by atoms with Gasteiger partial charge in [0.2, 0.25) is 5.91 Å². The molecule has 2 aromatic heterocycles. The van der Waals surface area contributed by atoms with Crippen molar-refractivity contribution in [3.05, 3.63) is 71.8 Å². The molecule has 0 unspecified atom stereocenters. The van der Waals surface area contributed by atoms with Gasteiger partial charge in [0.05, 0.1) is 11.4 Å². The number of anilines is 1. The molecule has 6 nitrogen and oxygen atoms in total. The van der Waals surface area contributed by atoms with Crippen molar-refractivity contribution in [2.75, 3.05) is 11.9 Å². The molecule has 28 heavy (non-hydrogen) atoms. The van der Waals surface area contributed by atoms with Crippen LogP contribution < -0.4 is 11.1 Å². The van der Waals surface area contributed by atoms with Crippen LogP contribution in [0.4, 0.5) is 14.6 Å². The Balaban J connectivity index is 1.53. The van der Waals surface area contributed by atoms with Crippen LogP contribution >= 0.6 is 0 Å². The summed E-state index contributed by atoms with van der Waals surface area (Å²) in [5.41, 5.74) is 7.10. The van der Waals surface area contributed by atoms with Gasteiger partial charge in [-0.1, -0.05) is 12.1 Å². The molecule has 3 aromatic rings. The van der Waals surface area contributed by atoms with E-state index in [1.807, 2.05) is 0 Å². The van der Waals surface area contributed by atoms with Crippen LogP contribution in [0.2, 0.25) is 0 Å². The van der Waals surface area contributed by atoms with E-state index < -0.39 is 17.9 Å². The molecule has 1 aromatic carbocycles. The molecule has 0 saturated heterocycles. The summed E-state index contributed by atoms with van der Waals surface area (Å²) in [6, 6.07) is 13.0. The zero-order valence-corrected chi connectivity index (χ0v) is 15.0. The third kappa shape index (κ3) is 5.06. The number of nitrogens with two attached hydrogens (primary N) is 1. The van der Waals surface area contributed by atoms with Crippen LogP contribution in [-0.2, 0) is 6.42 Å². The van der Waals surface area contributed by atoms with Gasteiger partial charge in [-0.3, -0.25) is 9.78 Å². The largest absolute Gasteiger partial charge is 0.368 e. The maximum absolute atomic E-state index is 14.0. The van der Waals surface area contributed by atoms with E-state index in [9.17, 15) is 13.6 Å². The second-order valence-corrected chi connectivity index (χ2v) is 6.20. The lowest BCUT2D eigenvalue weighted by atomic mass is 10.1. The van der Waals surface area contributed by atoms with Gasteiger partial charge in [-0.25, -0.2) is 8.78 Å². The summed E-state index contributed by atoms with van der Waals surface area (Å²) in [5, 5.41) is 11.1. The lowest BCUT2D eigenvalue weighted by Gasteiger charge is -2.10. The number of amides is 1. The Bertz CT molecular complexity index is 949. The molecule has 1 atom stereocenters. The van der Waals surface area contributed by atoms with E-state index in [1.165, 1.54) is 18.3 Å². The number of benzene rings is 1. The van der Waals surface area contributed by atoms with E-state index in [2.05, 4.69) is 20.5 Å². The van der Waals surface area contributed by atoms with Crippen LogP contribution in [0.25, 0.3) is 11.3 Å². The number of pyridine rings is 1. The normalized spacial score (nSPS) is 11.8. The summed E-state index contributed by atoms with van der Waals surface area (Å²) in [7, 11) is 0. The van der Waals surface area contributed by atoms with Crippen molar-refractivity contribution in [2.45, 2.75) is 19.0 Å². The molecule has 1 amide bonds. The Morgan fingerprint density at radius 3 is 2.71 bits per heavy atom. The molecular formula is C20H19F2N5O. The molecule has 3 N–H and O–H groups in total. The minimum Gasteiger partial charge on any atom is -0.368 e. The number of carbonyl (C=O) groups is 1. The van der Waals surface area contributed by atoms with Crippen LogP contribution in [0.5, 0.6) is 0 Å². The van der Waals surface area contributed by atoms with Crippen molar-refractivity contribution in [3.8, 4) is 11.3 Å². The van der Waals surface area contributed by atoms with Gasteiger partial charge in [0.15, 0.2) is 0 Å². The van der Waals surface area contributed by atoms with E-state index >= 15 is 0 Å². The molecule has 0 saturated carbocycles. The van der Waals surface area contributed by atoms with E-state index in [0.717, 1.165) is 5.56 Å². The highest BCUT2D eigenvalue weighted by atomic mass is 19.1. The first-order valence-corrected chi connectivity index (χ1v) is 8.74. The maximum atomic E-state index is 14.0. The Morgan fingerprint density at radius 1 is 1.14 bits per heavy atom. The van der Waals surface area contributed by atoms with Crippen molar-refractivity contribution in [1.82, 2.24) is 15.2 Å². The maximum Gasteiger partial charge on any atom is 0.248 e. The average Bonchev–Trinajstić information content (AvgIpc) is 2.70. The molecule has 0 bridgehead atoms. The molecule has 0 aliphatic rings. The summed E-state index contributed by atoms with van der Waals surface area (Å²) in [4.78, 5) is 15.1. The lowest BCUT2D eigenvalue weighted by molar-refractivity contribution is 0.100. The van der Waals surface area contributed by atoms with Gasteiger partial charge >= 0.3 is 0 Å². The average molecular weight is 383 g/mol. The van der Waals surface area contributed by atoms with Crippen molar-refractivity contribution in [3.63, 3.8) is 0 Å². The highest BCUT2D eigenvalue weighted by molar-refractivity contribution is 5.93. The molecule has 144 valence electrons. The van der Waals surface area contributed by atoms with E-state index in [1.54, 1.807) is 36.4 Å². The fourth-order valence-electron chi connectivity index (χ4n) is 2.65. The third-order valence-electron chi connectivity index (χ3n) is 4.12. The predicted octanol–water partition coefficient (Wildman–Crippen LogP) is 3.16. The topological polar surface area (TPSA) is 93.8 Å². The summed E-state index contributed by atoms with van der Waals surface area (Å²) in [6.45, 7) is 0.320. The summed E-state index contributed by atoms with van der Waals surface area (Å²) < 4.78 is 27.5. The molecule has 3 rings (SSSR count). The van der Waals surface area contributed by atoms with Crippen LogP contribution in [0.3, 0.4) is 0 Å². The number of primary amides is 1. The zero-order chi connectivity index (χ0) is 19.9. The fourth-order valence-corrected chi connectivity index (χ4v) is 2.65. The van der Waals surface area contributed by atoms with Gasteiger partial charge in [-0.05, 0) is 42.8 Å². The quantitative estimate of drug-likeness (QED) is 0.623. The molecule has 0 aliphatic carbocycles. The van der Waals surface area contributed by atoms with Gasteiger partial charge in [-0.15, -0.1) is 10.2 Å². The Hall–Kier alpha value is -3.42. The summed E-state index contributed by atoms with van der Waals surface area (Å²) in [5.74, 6) is -0.523. The van der Waals surface area contributed by atoms with Crippen LogP contribution in [-0.4, -0.2) is 33.8 Å². The zero-order valence-electron chi connectivity index (χ0n) is 15.0. The number of alkyl halides is 1. The second kappa shape index (κ2) is 8.98. The summed E-state index contributed by atoms with van der Waals surface area (Å²) in [6.07, 6.45) is 0.329. The molecule has 0 spiro atoms. The monoisotopic (exact) mass is 383 g/mol. The van der Waals surface area contributed by atoms with E-state index in [0.29, 0.717) is 23.6 Å². The van der Waals surface area contributed by atoms with Crippen LogP contribution in [0, 0.1) is 5.82 Å². The highest BCUT2D eigenvalue weighted by Gasteiger charge is 2.12. The van der Waals surface area contributed by atoms with Crippen molar-refractivity contribution in [1.29, 1.82) is 0 Å². The standard InChI is InChI=1S/C20H19F2N5O/c21-15(12-18-16(22)5-2-9-24-18)8-10-25-19-7-6-17(26-27-19)13-3-1-4-14(11-13)20(23)28/h1-7,9,11,15H,8,10,12H2,(H2,23,28)(H,25,27)/t15-/m0/s1. The first kappa shape index (κ1) is 19.3. The summed E-state index contributed by atoms with van der Waals surface area (Å²) >= 11 is 0. The minimum absolute atomic E-state index is 0.0742. The number of hydrogen-bond donors (Lipinski definition) is 2. The molecular weight excluding hydrogens is 364 g/mol. The number of halogens is 2. The fraction of sp³-hybridized carbons (Fsp3) is 0.200. The van der Waals surface area contributed by atoms with Crippen LogP contribution in [0.15, 0.2) is 54.7 Å². The van der Waals surface area contributed by atoms with Gasteiger partial charge < -0.3 is 11.1 Å². The smallest absolute Gasteiger partial charge is 0.248 e. The van der Waals surface area contributed by atoms with Crippen molar-refractivity contribution < 1.29 is 13.6 Å². The molecule has 0 radical (unpaired) electrons. The Labute approximate surface area is 160 Å². The molecule has 0 aliphatic heterocycles. The van der Waals surface area contributed by atoms with Gasteiger partial charge in [0, 0.05) is 30.3 Å². The van der Waals surface area contributed by atoms with Gasteiger partial charge in [0.25, 0.3) is 0 Å². The number of nitrogens with one attached hydrogen (secondary N) is 1. The van der Waals surface area contributed by atoms with Crippen molar-refractivity contribution in [2.24, 2.45) is 5.73 Å². The van der Waals surface area contributed by atoms with E-state index in [-0.39, 0.29) is 18.5 Å². The number of hydrogen-bond acceptors (Lipinski definition) is 5. The van der Waals surface area contributed by atoms with Gasteiger partial charge in [0.1, 0.15) is 17.8 Å². The SMILES string of the molecule is NC(=O)c1cccc(-c2ccc(NCC[C@H](F)Cc3ncccc3F)nn2)c1. The Morgan fingerprint density at radius 2 is 2.00 bits per heavy atom. The van der Waals surface area contributed by atoms with Gasteiger partial charge in [-0.2, -0.15) is 0 Å². The number of aromatic nitrogens is 3. The lowest BCUT2D eigenvalue weighted by Crippen LogP contribution is -2.14. The second-order valence-electron chi connectivity index (χ2n) is 6.20. The predicted molar refractivity (Wildman–Crippen MR) is 102 cm³/mol. The van der Waals surface area contributed by atoms with Crippen molar-refractivity contribution >= 4 is 11.7 Å². The van der Waals surface area contributed by atoms with Crippen LogP contribution in [0.1, 0.15) is 22.5 Å². The molecule has 0 fully saturated rings. The first-order chi connectivity index (χ1) is 13.5. The minimum atomic E-state index is -1.22. The molecule has 2 heterocycles. The Kier molecular flexibility index (Phi) is 6.21.